The number of aryl methyl sites for hydroxylation is 1. The first kappa shape index (κ1) is 11.5. The molecule has 0 saturated heterocycles. The maximum atomic E-state index is 11.5. The topological polar surface area (TPSA) is 50.1 Å². The molecule has 0 fully saturated rings. The van der Waals surface area contributed by atoms with E-state index in [1.807, 2.05) is 6.07 Å². The lowest BCUT2D eigenvalue weighted by Gasteiger charge is -2.06. The monoisotopic (exact) mass is 223 g/mol. The molecule has 0 aliphatic heterocycles. The van der Waals surface area contributed by atoms with E-state index < -0.39 is 5.97 Å². The van der Waals surface area contributed by atoms with Crippen molar-refractivity contribution in [1.82, 2.24) is 0 Å². The second-order valence-corrected chi connectivity index (χ2v) is 3.41. The summed E-state index contributed by atoms with van der Waals surface area (Å²) in [5, 5.41) is 9.14. The van der Waals surface area contributed by atoms with Crippen molar-refractivity contribution >= 4 is 17.6 Å². The lowest BCUT2D eigenvalue weighted by molar-refractivity contribution is 0.0526. The van der Waals surface area contributed by atoms with Gasteiger partial charge in [-0.05, 0) is 31.5 Å². The maximum Gasteiger partial charge on any atom is 0.339 e. The third-order valence-corrected chi connectivity index (χ3v) is 2.14. The van der Waals surface area contributed by atoms with Crippen molar-refractivity contribution in [3.05, 3.63) is 33.8 Å². The second kappa shape index (κ2) is 4.81. The summed E-state index contributed by atoms with van der Waals surface area (Å²) < 4.78 is 4.83. The number of hydrogen-bond acceptors (Lipinski definition) is 3. The number of ether oxygens (including phenoxy) is 1. The van der Waals surface area contributed by atoms with Crippen molar-refractivity contribution in [2.24, 2.45) is 0 Å². The molecule has 0 aromatic heterocycles. The summed E-state index contributed by atoms with van der Waals surface area (Å²) in [4.78, 5) is 11.5. The van der Waals surface area contributed by atoms with Crippen molar-refractivity contribution in [2.75, 3.05) is 6.61 Å². The van der Waals surface area contributed by atoms with Crippen molar-refractivity contribution in [3.63, 3.8) is 0 Å². The zero-order chi connectivity index (χ0) is 11.4. The molecule has 0 atom stereocenters. The zero-order valence-electron chi connectivity index (χ0n) is 8.50. The van der Waals surface area contributed by atoms with Gasteiger partial charge in [0.15, 0.2) is 0 Å². The highest BCUT2D eigenvalue weighted by molar-refractivity contribution is 6.32. The van der Waals surface area contributed by atoms with Gasteiger partial charge >= 0.3 is 5.97 Å². The van der Waals surface area contributed by atoms with E-state index in [0.717, 1.165) is 5.56 Å². The molecule has 0 aliphatic rings. The largest absolute Gasteiger partial charge is 0.462 e. The fraction of sp³-hybridized carbons (Fsp3) is 0.273. The fourth-order valence-electron chi connectivity index (χ4n) is 1.23. The molecule has 0 radical (unpaired) electrons. The zero-order valence-corrected chi connectivity index (χ0v) is 9.26. The molecular formula is C11H10ClNO2. The van der Waals surface area contributed by atoms with Gasteiger partial charge < -0.3 is 4.74 Å². The molecule has 1 aromatic rings. The fourth-order valence-corrected chi connectivity index (χ4v) is 1.54. The average molecular weight is 224 g/mol. The van der Waals surface area contributed by atoms with Crippen molar-refractivity contribution in [3.8, 4) is 6.07 Å². The summed E-state index contributed by atoms with van der Waals surface area (Å²) >= 11 is 5.85. The van der Waals surface area contributed by atoms with Gasteiger partial charge in [-0.1, -0.05) is 11.6 Å². The normalized spacial score (nSPS) is 9.47. The molecule has 0 heterocycles. The van der Waals surface area contributed by atoms with E-state index in [0.29, 0.717) is 0 Å². The third kappa shape index (κ3) is 2.48. The maximum absolute atomic E-state index is 11.5. The van der Waals surface area contributed by atoms with Gasteiger partial charge in [0.2, 0.25) is 0 Å². The molecule has 4 heteroatoms. The summed E-state index contributed by atoms with van der Waals surface area (Å²) in [5.41, 5.74) is 1.21. The van der Waals surface area contributed by atoms with E-state index in [1.54, 1.807) is 26.0 Å². The van der Waals surface area contributed by atoms with Crippen LogP contribution >= 0.6 is 11.6 Å². The van der Waals surface area contributed by atoms with Crippen LogP contribution in [0.3, 0.4) is 0 Å². The number of carbonyl (C=O) groups excluding carboxylic acids is 1. The number of halogens is 1. The number of rotatable bonds is 2. The number of nitriles is 1. The van der Waals surface area contributed by atoms with Crippen molar-refractivity contribution in [2.45, 2.75) is 13.8 Å². The first-order valence-corrected chi connectivity index (χ1v) is 4.85. The van der Waals surface area contributed by atoms with E-state index >= 15 is 0 Å². The second-order valence-electron chi connectivity index (χ2n) is 3.00. The van der Waals surface area contributed by atoms with Crippen LogP contribution in [0.2, 0.25) is 5.02 Å². The van der Waals surface area contributed by atoms with Gasteiger partial charge in [-0.3, -0.25) is 0 Å². The summed E-state index contributed by atoms with van der Waals surface area (Å²) in [5.74, 6) is -0.514. The molecule has 15 heavy (non-hydrogen) atoms. The summed E-state index contributed by atoms with van der Waals surface area (Å²) in [6, 6.07) is 5.14. The first-order valence-electron chi connectivity index (χ1n) is 4.47. The highest BCUT2D eigenvalue weighted by Crippen LogP contribution is 2.22. The summed E-state index contributed by atoms with van der Waals surface area (Å²) in [6.45, 7) is 3.78. The lowest BCUT2D eigenvalue weighted by atomic mass is 10.1. The number of carbonyl (C=O) groups is 1. The third-order valence-electron chi connectivity index (χ3n) is 1.84. The molecule has 0 aliphatic carbocycles. The Morgan fingerprint density at radius 2 is 2.27 bits per heavy atom. The number of nitrogens with zero attached hydrogens (tertiary/aromatic N) is 1. The van der Waals surface area contributed by atoms with E-state index in [1.165, 1.54) is 0 Å². The Morgan fingerprint density at radius 3 is 2.80 bits per heavy atom. The van der Waals surface area contributed by atoms with Crippen LogP contribution in [0.4, 0.5) is 0 Å². The van der Waals surface area contributed by atoms with Crippen LogP contribution in [0.5, 0.6) is 0 Å². The molecule has 3 nitrogen and oxygen atoms in total. The van der Waals surface area contributed by atoms with Gasteiger partial charge in [0.25, 0.3) is 0 Å². The van der Waals surface area contributed by atoms with Crippen LogP contribution in [0.25, 0.3) is 0 Å². The highest BCUT2D eigenvalue weighted by Gasteiger charge is 2.15. The van der Waals surface area contributed by atoms with Gasteiger partial charge in [-0.2, -0.15) is 5.26 Å². The van der Waals surface area contributed by atoms with Crippen LogP contribution in [0, 0.1) is 18.3 Å². The number of esters is 1. The Morgan fingerprint density at radius 1 is 1.60 bits per heavy atom. The van der Waals surface area contributed by atoms with E-state index in [9.17, 15) is 4.79 Å². The minimum atomic E-state index is -0.514. The van der Waals surface area contributed by atoms with Gasteiger partial charge in [-0.25, -0.2) is 4.79 Å². The van der Waals surface area contributed by atoms with Gasteiger partial charge in [-0.15, -0.1) is 0 Å². The van der Waals surface area contributed by atoms with Gasteiger partial charge in [0, 0.05) is 0 Å². The van der Waals surface area contributed by atoms with Crippen LogP contribution in [0.1, 0.15) is 28.4 Å². The Labute approximate surface area is 93.2 Å². The molecule has 1 rings (SSSR count). The van der Waals surface area contributed by atoms with Crippen LogP contribution < -0.4 is 0 Å². The van der Waals surface area contributed by atoms with E-state index in [-0.39, 0.29) is 22.8 Å². The van der Waals surface area contributed by atoms with Crippen molar-refractivity contribution in [1.29, 1.82) is 5.26 Å². The average Bonchev–Trinajstić information content (AvgIpc) is 2.17. The molecule has 0 unspecified atom stereocenters. The highest BCUT2D eigenvalue weighted by atomic mass is 35.5. The standard InChI is InChI=1S/C11H10ClNO2/c1-3-15-11(14)8-4-7(2)5-10(12)9(8)6-13/h4-5H,3H2,1-2H3. The Bertz CT molecular complexity index is 435. The summed E-state index contributed by atoms with van der Waals surface area (Å²) in [6.07, 6.45) is 0. The molecule has 0 amide bonds. The molecule has 1 aromatic carbocycles. The Hall–Kier alpha value is -1.53. The molecule has 78 valence electrons. The van der Waals surface area contributed by atoms with Crippen molar-refractivity contribution < 1.29 is 9.53 Å². The SMILES string of the molecule is CCOC(=O)c1cc(C)cc(Cl)c1C#N. The van der Waals surface area contributed by atoms with Crippen LogP contribution in [0.15, 0.2) is 12.1 Å². The van der Waals surface area contributed by atoms with E-state index in [4.69, 9.17) is 21.6 Å². The van der Waals surface area contributed by atoms with Gasteiger partial charge in [0.05, 0.1) is 22.8 Å². The molecular weight excluding hydrogens is 214 g/mol. The number of hydrogen-bond donors (Lipinski definition) is 0. The molecule has 0 saturated carbocycles. The minimum Gasteiger partial charge on any atom is -0.462 e. The molecule has 0 spiro atoms. The minimum absolute atomic E-state index is 0.167. The lowest BCUT2D eigenvalue weighted by Crippen LogP contribution is -2.07. The van der Waals surface area contributed by atoms with Gasteiger partial charge in [0.1, 0.15) is 6.07 Å². The number of benzene rings is 1. The Kier molecular flexibility index (Phi) is 3.70. The quantitative estimate of drug-likeness (QED) is 0.725. The van der Waals surface area contributed by atoms with E-state index in [2.05, 4.69) is 0 Å². The summed E-state index contributed by atoms with van der Waals surface area (Å²) in [7, 11) is 0. The smallest absolute Gasteiger partial charge is 0.339 e. The van der Waals surface area contributed by atoms with Crippen LogP contribution in [-0.4, -0.2) is 12.6 Å². The molecule has 0 N–H and O–H groups in total. The first-order chi connectivity index (χ1) is 7.10. The Balaban J connectivity index is 3.28. The van der Waals surface area contributed by atoms with Crippen LogP contribution in [-0.2, 0) is 4.74 Å². The molecule has 0 bridgehead atoms. The predicted molar refractivity (Wildman–Crippen MR) is 56.9 cm³/mol. The predicted octanol–water partition coefficient (Wildman–Crippen LogP) is 2.70.